The highest BCUT2D eigenvalue weighted by atomic mass is 79.9. The molecule has 0 aromatic heterocycles. The first-order valence-electron chi connectivity index (χ1n) is 5.46. The molecule has 1 fully saturated rings. The van der Waals surface area contributed by atoms with Crippen LogP contribution >= 0.6 is 43.5 Å². The lowest BCUT2D eigenvalue weighted by Gasteiger charge is -2.30. The number of hydrogen-bond donors (Lipinski definition) is 0. The fourth-order valence-electron chi connectivity index (χ4n) is 1.94. The molecule has 1 atom stereocenters. The number of piperidine rings is 1. The third-order valence-electron chi connectivity index (χ3n) is 2.81. The van der Waals surface area contributed by atoms with Gasteiger partial charge in [-0.2, -0.15) is 0 Å². The molecule has 1 aliphatic heterocycles. The van der Waals surface area contributed by atoms with Gasteiger partial charge in [-0.1, -0.05) is 43.5 Å². The van der Waals surface area contributed by atoms with Gasteiger partial charge in [0, 0.05) is 22.4 Å². The SMILES string of the molecule is O=C(c1ccc(Br)cc1Cl)N1CCCC(Br)C1. The number of halogens is 3. The summed E-state index contributed by atoms with van der Waals surface area (Å²) >= 11 is 13.0. The second-order valence-electron chi connectivity index (χ2n) is 4.11. The van der Waals surface area contributed by atoms with Crippen LogP contribution in [-0.4, -0.2) is 28.7 Å². The molecule has 1 aromatic carbocycles. The monoisotopic (exact) mass is 379 g/mol. The van der Waals surface area contributed by atoms with Crippen LogP contribution in [0.1, 0.15) is 23.2 Å². The van der Waals surface area contributed by atoms with Crippen LogP contribution in [0.15, 0.2) is 22.7 Å². The van der Waals surface area contributed by atoms with Gasteiger partial charge in [-0.25, -0.2) is 0 Å². The molecule has 1 unspecified atom stereocenters. The Kier molecular flexibility index (Phi) is 4.50. The van der Waals surface area contributed by atoms with Crippen LogP contribution < -0.4 is 0 Å². The summed E-state index contributed by atoms with van der Waals surface area (Å²) in [6.07, 6.45) is 2.16. The zero-order valence-corrected chi connectivity index (χ0v) is 13.1. The molecule has 17 heavy (non-hydrogen) atoms. The van der Waals surface area contributed by atoms with Crippen molar-refractivity contribution < 1.29 is 4.79 Å². The van der Waals surface area contributed by atoms with E-state index < -0.39 is 0 Å². The van der Waals surface area contributed by atoms with E-state index in [1.165, 1.54) is 0 Å². The predicted molar refractivity (Wildman–Crippen MR) is 77.0 cm³/mol. The van der Waals surface area contributed by atoms with Crippen molar-refractivity contribution in [3.8, 4) is 0 Å². The Balaban J connectivity index is 2.18. The van der Waals surface area contributed by atoms with Gasteiger partial charge in [0.15, 0.2) is 0 Å². The van der Waals surface area contributed by atoms with Gasteiger partial charge in [0.25, 0.3) is 5.91 Å². The van der Waals surface area contributed by atoms with Gasteiger partial charge in [-0.15, -0.1) is 0 Å². The smallest absolute Gasteiger partial charge is 0.255 e. The van der Waals surface area contributed by atoms with E-state index in [4.69, 9.17) is 11.6 Å². The lowest BCUT2D eigenvalue weighted by atomic mass is 10.1. The standard InChI is InChI=1S/C12H12Br2ClNO/c13-8-3-4-10(11(15)6-8)12(17)16-5-1-2-9(14)7-16/h3-4,6,9H,1-2,5,7H2. The van der Waals surface area contributed by atoms with Crippen LogP contribution in [0.4, 0.5) is 0 Å². The zero-order valence-electron chi connectivity index (χ0n) is 9.13. The van der Waals surface area contributed by atoms with Gasteiger partial charge in [-0.3, -0.25) is 4.79 Å². The number of carbonyl (C=O) groups excluding carboxylic acids is 1. The fraction of sp³-hybridized carbons (Fsp3) is 0.417. The highest BCUT2D eigenvalue weighted by molar-refractivity contribution is 9.10. The van der Waals surface area contributed by atoms with E-state index >= 15 is 0 Å². The molecule has 5 heteroatoms. The first kappa shape index (κ1) is 13.4. The van der Waals surface area contributed by atoms with E-state index in [-0.39, 0.29) is 5.91 Å². The molecule has 1 aromatic rings. The summed E-state index contributed by atoms with van der Waals surface area (Å²) in [5, 5.41) is 0.501. The summed E-state index contributed by atoms with van der Waals surface area (Å²) in [5.74, 6) is 0.0200. The molecule has 0 radical (unpaired) electrons. The summed E-state index contributed by atoms with van der Waals surface area (Å²) in [6, 6.07) is 5.37. The number of nitrogens with zero attached hydrogens (tertiary/aromatic N) is 1. The molecule has 0 N–H and O–H groups in total. The van der Waals surface area contributed by atoms with E-state index in [0.29, 0.717) is 15.4 Å². The van der Waals surface area contributed by atoms with Crippen molar-refractivity contribution in [1.29, 1.82) is 0 Å². The minimum atomic E-state index is 0.0200. The van der Waals surface area contributed by atoms with Gasteiger partial charge >= 0.3 is 0 Å². The lowest BCUT2D eigenvalue weighted by Crippen LogP contribution is -2.40. The maximum absolute atomic E-state index is 12.3. The third kappa shape index (κ3) is 3.24. The molecule has 2 nitrogen and oxygen atoms in total. The average molecular weight is 381 g/mol. The summed E-state index contributed by atoms with van der Waals surface area (Å²) in [6.45, 7) is 1.57. The average Bonchev–Trinajstić information content (AvgIpc) is 2.28. The van der Waals surface area contributed by atoms with Gasteiger partial charge in [-0.05, 0) is 31.0 Å². The maximum Gasteiger partial charge on any atom is 0.255 e. The van der Waals surface area contributed by atoms with Crippen molar-refractivity contribution in [2.24, 2.45) is 0 Å². The number of carbonyl (C=O) groups is 1. The molecule has 2 rings (SSSR count). The number of rotatable bonds is 1. The van der Waals surface area contributed by atoms with Crippen LogP contribution in [0.25, 0.3) is 0 Å². The van der Waals surface area contributed by atoms with Crippen molar-refractivity contribution in [3.05, 3.63) is 33.3 Å². The molecular formula is C12H12Br2ClNO. The molecule has 0 saturated carbocycles. The second kappa shape index (κ2) is 5.72. The summed E-state index contributed by atoms with van der Waals surface area (Å²) in [5.41, 5.74) is 0.580. The molecule has 92 valence electrons. The molecule has 1 heterocycles. The van der Waals surface area contributed by atoms with Crippen LogP contribution in [0, 0.1) is 0 Å². The zero-order chi connectivity index (χ0) is 12.4. The number of benzene rings is 1. The maximum atomic E-state index is 12.3. The third-order valence-corrected chi connectivity index (χ3v) is 4.37. The summed E-state index contributed by atoms with van der Waals surface area (Å²) < 4.78 is 0.885. The Labute approximate surface area is 123 Å². The van der Waals surface area contributed by atoms with Crippen LogP contribution in [0.2, 0.25) is 5.02 Å². The number of likely N-dealkylation sites (tertiary alicyclic amines) is 1. The Hall–Kier alpha value is -0.0600. The molecule has 0 bridgehead atoms. The van der Waals surface area contributed by atoms with Crippen molar-refractivity contribution >= 4 is 49.4 Å². The van der Waals surface area contributed by atoms with E-state index in [1.807, 2.05) is 11.0 Å². The minimum absolute atomic E-state index is 0.0200. The van der Waals surface area contributed by atoms with Crippen molar-refractivity contribution in [2.75, 3.05) is 13.1 Å². The Morgan fingerprint density at radius 2 is 2.24 bits per heavy atom. The van der Waals surface area contributed by atoms with Gasteiger partial charge in [0.2, 0.25) is 0 Å². The van der Waals surface area contributed by atoms with Crippen LogP contribution in [-0.2, 0) is 0 Å². The Morgan fingerprint density at radius 3 is 2.88 bits per heavy atom. The molecule has 0 spiro atoms. The highest BCUT2D eigenvalue weighted by Gasteiger charge is 2.24. The molecule has 1 saturated heterocycles. The van der Waals surface area contributed by atoms with Crippen molar-refractivity contribution in [1.82, 2.24) is 4.90 Å². The van der Waals surface area contributed by atoms with Crippen molar-refractivity contribution in [2.45, 2.75) is 17.7 Å². The topological polar surface area (TPSA) is 20.3 Å². The normalized spacial score (nSPS) is 20.4. The van der Waals surface area contributed by atoms with E-state index in [9.17, 15) is 4.79 Å². The van der Waals surface area contributed by atoms with Crippen LogP contribution in [0.5, 0.6) is 0 Å². The minimum Gasteiger partial charge on any atom is -0.337 e. The van der Waals surface area contributed by atoms with E-state index in [1.54, 1.807) is 12.1 Å². The number of alkyl halides is 1. The lowest BCUT2D eigenvalue weighted by molar-refractivity contribution is 0.0730. The van der Waals surface area contributed by atoms with E-state index in [0.717, 1.165) is 30.4 Å². The van der Waals surface area contributed by atoms with Gasteiger partial charge in [0.05, 0.1) is 10.6 Å². The molecular weight excluding hydrogens is 369 g/mol. The van der Waals surface area contributed by atoms with Crippen LogP contribution in [0.3, 0.4) is 0 Å². The second-order valence-corrected chi connectivity index (χ2v) is 6.73. The Bertz CT molecular complexity index is 439. The quantitative estimate of drug-likeness (QED) is 0.671. The number of amides is 1. The Morgan fingerprint density at radius 1 is 1.47 bits per heavy atom. The largest absolute Gasteiger partial charge is 0.337 e. The predicted octanol–water partition coefficient (Wildman–Crippen LogP) is 4.10. The molecule has 1 amide bonds. The first-order valence-corrected chi connectivity index (χ1v) is 7.55. The highest BCUT2D eigenvalue weighted by Crippen LogP contribution is 2.25. The number of hydrogen-bond acceptors (Lipinski definition) is 1. The first-order chi connectivity index (χ1) is 8.08. The summed E-state index contributed by atoms with van der Waals surface area (Å²) in [4.78, 5) is 14.5. The molecule has 0 aliphatic carbocycles. The summed E-state index contributed by atoms with van der Waals surface area (Å²) in [7, 11) is 0. The van der Waals surface area contributed by atoms with Crippen molar-refractivity contribution in [3.63, 3.8) is 0 Å². The van der Waals surface area contributed by atoms with Gasteiger partial charge < -0.3 is 4.90 Å². The van der Waals surface area contributed by atoms with E-state index in [2.05, 4.69) is 31.9 Å². The van der Waals surface area contributed by atoms with Gasteiger partial charge in [0.1, 0.15) is 0 Å². The molecule has 1 aliphatic rings. The fourth-order valence-corrected chi connectivity index (χ4v) is 3.37.